The van der Waals surface area contributed by atoms with Crippen molar-refractivity contribution >= 4 is 21.6 Å². The van der Waals surface area contributed by atoms with Crippen LogP contribution in [0.5, 0.6) is 0 Å². The first-order valence-electron chi connectivity index (χ1n) is 5.72. The quantitative estimate of drug-likeness (QED) is 0.920. The van der Waals surface area contributed by atoms with Crippen molar-refractivity contribution in [1.82, 2.24) is 4.98 Å². The van der Waals surface area contributed by atoms with E-state index in [2.05, 4.69) is 57.4 Å². The first-order chi connectivity index (χ1) is 8.29. The number of benzene rings is 1. The molecule has 0 atom stereocenters. The molecule has 0 saturated heterocycles. The summed E-state index contributed by atoms with van der Waals surface area (Å²) in [7, 11) is 0. The summed E-state index contributed by atoms with van der Waals surface area (Å²) < 4.78 is 1.01. The molecule has 1 aromatic carbocycles. The number of aromatic nitrogens is 1. The van der Waals surface area contributed by atoms with E-state index in [0.29, 0.717) is 0 Å². The van der Waals surface area contributed by atoms with Crippen LogP contribution < -0.4 is 5.32 Å². The molecular formula is C14H15BrN2. The fourth-order valence-electron chi connectivity index (χ4n) is 1.70. The minimum absolute atomic E-state index is 0.754. The zero-order valence-electron chi connectivity index (χ0n) is 9.78. The van der Waals surface area contributed by atoms with Crippen LogP contribution in [-0.2, 0) is 13.0 Å². The third kappa shape index (κ3) is 3.30. The Kier molecular flexibility index (Phi) is 4.15. The van der Waals surface area contributed by atoms with E-state index in [-0.39, 0.29) is 0 Å². The first kappa shape index (κ1) is 12.1. The van der Waals surface area contributed by atoms with Gasteiger partial charge in [0.1, 0.15) is 0 Å². The number of rotatable bonds is 4. The number of hydrogen-bond acceptors (Lipinski definition) is 2. The predicted octanol–water partition coefficient (Wildman–Crippen LogP) is 4.02. The van der Waals surface area contributed by atoms with E-state index in [1.54, 1.807) is 0 Å². The SMILES string of the molecule is CCc1ccccc1NCc1ccc(Br)cn1. The van der Waals surface area contributed by atoms with Gasteiger partial charge in [-0.3, -0.25) is 4.98 Å². The molecule has 0 aliphatic rings. The largest absolute Gasteiger partial charge is 0.379 e. The number of pyridine rings is 1. The molecule has 88 valence electrons. The normalized spacial score (nSPS) is 10.2. The van der Waals surface area contributed by atoms with Crippen molar-refractivity contribution in [2.45, 2.75) is 19.9 Å². The maximum absolute atomic E-state index is 4.34. The van der Waals surface area contributed by atoms with E-state index in [0.717, 1.165) is 23.1 Å². The fourth-order valence-corrected chi connectivity index (χ4v) is 1.93. The van der Waals surface area contributed by atoms with Crippen LogP contribution in [0.4, 0.5) is 5.69 Å². The molecule has 2 nitrogen and oxygen atoms in total. The molecule has 2 aromatic rings. The van der Waals surface area contributed by atoms with Crippen LogP contribution in [0.25, 0.3) is 0 Å². The van der Waals surface area contributed by atoms with Crippen molar-refractivity contribution < 1.29 is 0 Å². The third-order valence-corrected chi connectivity index (χ3v) is 3.12. The Balaban J connectivity index is 2.04. The van der Waals surface area contributed by atoms with Gasteiger partial charge in [0.05, 0.1) is 12.2 Å². The van der Waals surface area contributed by atoms with Gasteiger partial charge in [0.15, 0.2) is 0 Å². The molecule has 0 spiro atoms. The Morgan fingerprint density at radius 2 is 2.00 bits per heavy atom. The van der Waals surface area contributed by atoms with Crippen LogP contribution in [0, 0.1) is 0 Å². The average Bonchev–Trinajstić information content (AvgIpc) is 2.38. The van der Waals surface area contributed by atoms with Crippen molar-refractivity contribution in [3.05, 3.63) is 58.3 Å². The lowest BCUT2D eigenvalue weighted by Gasteiger charge is -2.10. The predicted molar refractivity (Wildman–Crippen MR) is 75.1 cm³/mol. The molecular weight excluding hydrogens is 276 g/mol. The smallest absolute Gasteiger partial charge is 0.0595 e. The van der Waals surface area contributed by atoms with Crippen LogP contribution in [-0.4, -0.2) is 4.98 Å². The number of halogens is 1. The molecule has 0 amide bonds. The van der Waals surface area contributed by atoms with Gasteiger partial charge in [-0.1, -0.05) is 25.1 Å². The van der Waals surface area contributed by atoms with Crippen LogP contribution in [0.2, 0.25) is 0 Å². The molecule has 1 N–H and O–H groups in total. The highest BCUT2D eigenvalue weighted by molar-refractivity contribution is 9.10. The third-order valence-electron chi connectivity index (χ3n) is 2.65. The summed E-state index contributed by atoms with van der Waals surface area (Å²) in [5, 5.41) is 3.42. The summed E-state index contributed by atoms with van der Waals surface area (Å²) in [5.74, 6) is 0. The van der Waals surface area contributed by atoms with Gasteiger partial charge in [0, 0.05) is 16.4 Å². The van der Waals surface area contributed by atoms with Gasteiger partial charge >= 0.3 is 0 Å². The number of anilines is 1. The molecule has 0 saturated carbocycles. The van der Waals surface area contributed by atoms with Crippen molar-refractivity contribution in [2.75, 3.05) is 5.32 Å². The summed E-state index contributed by atoms with van der Waals surface area (Å²) >= 11 is 3.38. The molecule has 0 aliphatic carbocycles. The molecule has 0 bridgehead atoms. The summed E-state index contributed by atoms with van der Waals surface area (Å²) in [6.45, 7) is 2.92. The highest BCUT2D eigenvalue weighted by Crippen LogP contribution is 2.16. The van der Waals surface area contributed by atoms with Crippen LogP contribution >= 0.6 is 15.9 Å². The van der Waals surface area contributed by atoms with E-state index >= 15 is 0 Å². The van der Waals surface area contributed by atoms with Gasteiger partial charge in [0.2, 0.25) is 0 Å². The van der Waals surface area contributed by atoms with Gasteiger partial charge in [-0.25, -0.2) is 0 Å². The Labute approximate surface area is 110 Å². The lowest BCUT2D eigenvalue weighted by atomic mass is 10.1. The summed E-state index contributed by atoms with van der Waals surface area (Å²) in [5.41, 5.74) is 3.57. The maximum atomic E-state index is 4.34. The molecule has 17 heavy (non-hydrogen) atoms. The Bertz CT molecular complexity index is 480. The van der Waals surface area contributed by atoms with Crippen molar-refractivity contribution in [3.63, 3.8) is 0 Å². The second kappa shape index (κ2) is 5.82. The van der Waals surface area contributed by atoms with Crippen LogP contribution in [0.1, 0.15) is 18.2 Å². The van der Waals surface area contributed by atoms with E-state index in [4.69, 9.17) is 0 Å². The Hall–Kier alpha value is -1.35. The zero-order valence-corrected chi connectivity index (χ0v) is 11.4. The topological polar surface area (TPSA) is 24.9 Å². The molecule has 0 fully saturated rings. The zero-order chi connectivity index (χ0) is 12.1. The van der Waals surface area contributed by atoms with E-state index in [1.165, 1.54) is 11.3 Å². The van der Waals surface area contributed by atoms with Crippen molar-refractivity contribution in [2.24, 2.45) is 0 Å². The summed E-state index contributed by atoms with van der Waals surface area (Å²) in [4.78, 5) is 4.34. The molecule has 3 heteroatoms. The van der Waals surface area contributed by atoms with E-state index in [1.807, 2.05) is 18.3 Å². The van der Waals surface area contributed by atoms with Gasteiger partial charge in [-0.05, 0) is 46.1 Å². The van der Waals surface area contributed by atoms with Crippen LogP contribution in [0.3, 0.4) is 0 Å². The van der Waals surface area contributed by atoms with Gasteiger partial charge in [-0.2, -0.15) is 0 Å². The highest BCUT2D eigenvalue weighted by Gasteiger charge is 1.99. The highest BCUT2D eigenvalue weighted by atomic mass is 79.9. The van der Waals surface area contributed by atoms with E-state index < -0.39 is 0 Å². The van der Waals surface area contributed by atoms with Gasteiger partial charge in [-0.15, -0.1) is 0 Å². The maximum Gasteiger partial charge on any atom is 0.0595 e. The minimum Gasteiger partial charge on any atom is -0.379 e. The second-order valence-electron chi connectivity index (χ2n) is 3.83. The number of para-hydroxylation sites is 1. The molecule has 0 aliphatic heterocycles. The lowest BCUT2D eigenvalue weighted by molar-refractivity contribution is 1.03. The lowest BCUT2D eigenvalue weighted by Crippen LogP contribution is -2.03. The number of aryl methyl sites for hydroxylation is 1. The molecule has 2 rings (SSSR count). The second-order valence-corrected chi connectivity index (χ2v) is 4.75. The number of nitrogens with one attached hydrogen (secondary N) is 1. The van der Waals surface area contributed by atoms with Gasteiger partial charge < -0.3 is 5.32 Å². The van der Waals surface area contributed by atoms with Crippen molar-refractivity contribution in [3.8, 4) is 0 Å². The van der Waals surface area contributed by atoms with Crippen LogP contribution in [0.15, 0.2) is 47.1 Å². The number of nitrogens with zero attached hydrogens (tertiary/aromatic N) is 1. The molecule has 0 radical (unpaired) electrons. The molecule has 1 aromatic heterocycles. The molecule has 0 unspecified atom stereocenters. The van der Waals surface area contributed by atoms with Crippen molar-refractivity contribution in [1.29, 1.82) is 0 Å². The minimum atomic E-state index is 0.754. The summed E-state index contributed by atoms with van der Waals surface area (Å²) in [6, 6.07) is 12.4. The fraction of sp³-hybridized carbons (Fsp3) is 0.214. The monoisotopic (exact) mass is 290 g/mol. The number of hydrogen-bond donors (Lipinski definition) is 1. The van der Waals surface area contributed by atoms with Gasteiger partial charge in [0.25, 0.3) is 0 Å². The first-order valence-corrected chi connectivity index (χ1v) is 6.51. The Morgan fingerprint density at radius 3 is 2.71 bits per heavy atom. The summed E-state index contributed by atoms with van der Waals surface area (Å²) in [6.07, 6.45) is 2.86. The standard InChI is InChI=1S/C14H15BrN2/c1-2-11-5-3-4-6-14(11)17-10-13-8-7-12(15)9-16-13/h3-9,17H,2,10H2,1H3. The average molecular weight is 291 g/mol. The van der Waals surface area contributed by atoms with E-state index in [9.17, 15) is 0 Å². The molecule has 1 heterocycles. The Morgan fingerprint density at radius 1 is 1.18 bits per heavy atom.